The summed E-state index contributed by atoms with van der Waals surface area (Å²) in [7, 11) is 5.52. The van der Waals surface area contributed by atoms with Crippen molar-refractivity contribution in [2.75, 3.05) is 6.61 Å². The minimum absolute atomic E-state index is 0.0278. The van der Waals surface area contributed by atoms with Gasteiger partial charge in [-0.25, -0.2) is 0 Å². The smallest absolute Gasteiger partial charge is 0.0700 e. The standard InChI is InChI=1S/C6H11BO2/c7-5-1-4(3-8)6(9)2-5/h4-6,8-9H,1-3H2. The zero-order valence-corrected chi connectivity index (χ0v) is 5.33. The van der Waals surface area contributed by atoms with E-state index >= 15 is 0 Å². The molecule has 2 radical (unpaired) electrons. The van der Waals surface area contributed by atoms with Crippen LogP contribution in [-0.2, 0) is 0 Å². The molecule has 50 valence electrons. The van der Waals surface area contributed by atoms with Crippen molar-refractivity contribution in [1.29, 1.82) is 0 Å². The van der Waals surface area contributed by atoms with Gasteiger partial charge in [-0.1, -0.05) is 12.2 Å². The Morgan fingerprint density at radius 2 is 2.11 bits per heavy atom. The van der Waals surface area contributed by atoms with Gasteiger partial charge in [0, 0.05) is 12.5 Å². The van der Waals surface area contributed by atoms with Crippen molar-refractivity contribution < 1.29 is 10.2 Å². The summed E-state index contributed by atoms with van der Waals surface area (Å²) in [5.41, 5.74) is 0. The summed E-state index contributed by atoms with van der Waals surface area (Å²) >= 11 is 0. The molecule has 0 saturated heterocycles. The fourth-order valence-electron chi connectivity index (χ4n) is 1.34. The van der Waals surface area contributed by atoms with Crippen molar-refractivity contribution >= 4 is 7.85 Å². The summed E-state index contributed by atoms with van der Waals surface area (Å²) in [6.45, 7) is 0.0644. The van der Waals surface area contributed by atoms with Gasteiger partial charge in [0.15, 0.2) is 0 Å². The van der Waals surface area contributed by atoms with Gasteiger partial charge in [-0.3, -0.25) is 0 Å². The lowest BCUT2D eigenvalue weighted by Gasteiger charge is -2.08. The van der Waals surface area contributed by atoms with E-state index in [4.69, 9.17) is 18.1 Å². The van der Waals surface area contributed by atoms with E-state index < -0.39 is 0 Å². The lowest BCUT2D eigenvalue weighted by Crippen LogP contribution is -2.16. The quantitative estimate of drug-likeness (QED) is 0.474. The number of rotatable bonds is 1. The first-order valence-electron chi connectivity index (χ1n) is 3.28. The van der Waals surface area contributed by atoms with Gasteiger partial charge in [-0.05, 0) is 6.42 Å². The van der Waals surface area contributed by atoms with Crippen LogP contribution in [0.25, 0.3) is 0 Å². The van der Waals surface area contributed by atoms with Crippen LogP contribution in [0.5, 0.6) is 0 Å². The zero-order chi connectivity index (χ0) is 6.85. The van der Waals surface area contributed by atoms with E-state index in [-0.39, 0.29) is 24.4 Å². The highest BCUT2D eigenvalue weighted by Gasteiger charge is 2.28. The molecule has 0 bridgehead atoms. The molecule has 0 aromatic heterocycles. The third-order valence-electron chi connectivity index (χ3n) is 1.93. The Kier molecular flexibility index (Phi) is 2.14. The second kappa shape index (κ2) is 2.71. The van der Waals surface area contributed by atoms with Gasteiger partial charge in [0.05, 0.1) is 14.0 Å². The SMILES string of the molecule is [B]C1CC(O)C(CO)C1. The van der Waals surface area contributed by atoms with Gasteiger partial charge < -0.3 is 10.2 Å². The Morgan fingerprint density at radius 1 is 1.44 bits per heavy atom. The largest absolute Gasteiger partial charge is 0.396 e. The predicted octanol–water partition coefficient (Wildman–Crippen LogP) is -0.293. The first kappa shape index (κ1) is 7.10. The average molecular weight is 126 g/mol. The average Bonchev–Trinajstić information content (AvgIpc) is 2.10. The number of aliphatic hydroxyl groups is 2. The molecule has 3 atom stereocenters. The molecule has 2 N–H and O–H groups in total. The number of hydrogen-bond acceptors (Lipinski definition) is 2. The van der Waals surface area contributed by atoms with E-state index in [1.165, 1.54) is 0 Å². The van der Waals surface area contributed by atoms with Crippen LogP contribution in [0.1, 0.15) is 12.8 Å². The molecule has 2 nitrogen and oxygen atoms in total. The van der Waals surface area contributed by atoms with Crippen LogP contribution in [-0.4, -0.2) is 30.8 Å². The molecule has 1 aliphatic carbocycles. The van der Waals surface area contributed by atoms with E-state index in [1.54, 1.807) is 0 Å². The van der Waals surface area contributed by atoms with Crippen LogP contribution in [0.3, 0.4) is 0 Å². The van der Waals surface area contributed by atoms with E-state index in [0.717, 1.165) is 6.42 Å². The first-order valence-corrected chi connectivity index (χ1v) is 3.28. The lowest BCUT2D eigenvalue weighted by molar-refractivity contribution is 0.0909. The van der Waals surface area contributed by atoms with Crippen LogP contribution in [0.4, 0.5) is 0 Å². The van der Waals surface area contributed by atoms with Crippen LogP contribution in [0.2, 0.25) is 5.82 Å². The number of aliphatic hydroxyl groups excluding tert-OH is 2. The van der Waals surface area contributed by atoms with E-state index in [9.17, 15) is 0 Å². The van der Waals surface area contributed by atoms with Gasteiger partial charge in [0.25, 0.3) is 0 Å². The van der Waals surface area contributed by atoms with Crippen molar-refractivity contribution in [3.05, 3.63) is 0 Å². The fraction of sp³-hybridized carbons (Fsp3) is 1.00. The van der Waals surface area contributed by atoms with Crippen LogP contribution in [0.15, 0.2) is 0 Å². The highest BCUT2D eigenvalue weighted by molar-refractivity contribution is 6.11. The van der Waals surface area contributed by atoms with Crippen molar-refractivity contribution in [1.82, 2.24) is 0 Å². The second-order valence-electron chi connectivity index (χ2n) is 2.74. The zero-order valence-electron chi connectivity index (χ0n) is 5.33. The summed E-state index contributed by atoms with van der Waals surface area (Å²) in [5, 5.41) is 17.8. The molecule has 0 amide bonds. The molecule has 1 rings (SSSR count). The molecule has 0 aliphatic heterocycles. The Morgan fingerprint density at radius 3 is 2.33 bits per heavy atom. The Bertz CT molecular complexity index is 97.1. The highest BCUT2D eigenvalue weighted by atomic mass is 16.3. The van der Waals surface area contributed by atoms with Gasteiger partial charge in [0.1, 0.15) is 0 Å². The molecule has 0 aromatic rings. The van der Waals surface area contributed by atoms with E-state index in [0.29, 0.717) is 6.42 Å². The third-order valence-corrected chi connectivity index (χ3v) is 1.93. The van der Waals surface area contributed by atoms with Crippen LogP contribution < -0.4 is 0 Å². The van der Waals surface area contributed by atoms with Crippen LogP contribution >= 0.6 is 0 Å². The molecule has 0 heterocycles. The predicted molar refractivity (Wildman–Crippen MR) is 35.3 cm³/mol. The molecule has 1 fully saturated rings. The van der Waals surface area contributed by atoms with Gasteiger partial charge in [-0.15, -0.1) is 0 Å². The Balaban J connectivity index is 2.38. The van der Waals surface area contributed by atoms with Gasteiger partial charge >= 0.3 is 0 Å². The molecular formula is C6H11BO2. The summed E-state index contributed by atoms with van der Waals surface area (Å²) in [6.07, 6.45) is 1.04. The summed E-state index contributed by atoms with van der Waals surface area (Å²) < 4.78 is 0. The monoisotopic (exact) mass is 126 g/mol. The summed E-state index contributed by atoms with van der Waals surface area (Å²) in [4.78, 5) is 0. The third kappa shape index (κ3) is 1.46. The molecule has 0 spiro atoms. The number of hydrogen-bond donors (Lipinski definition) is 2. The van der Waals surface area contributed by atoms with Crippen molar-refractivity contribution in [3.63, 3.8) is 0 Å². The first-order chi connectivity index (χ1) is 4.24. The van der Waals surface area contributed by atoms with Gasteiger partial charge in [0.2, 0.25) is 0 Å². The van der Waals surface area contributed by atoms with E-state index in [2.05, 4.69) is 0 Å². The van der Waals surface area contributed by atoms with Crippen molar-refractivity contribution in [2.45, 2.75) is 24.8 Å². The molecule has 1 saturated carbocycles. The normalized spacial score (nSPS) is 43.6. The van der Waals surface area contributed by atoms with Crippen molar-refractivity contribution in [2.24, 2.45) is 5.92 Å². The highest BCUT2D eigenvalue weighted by Crippen LogP contribution is 2.32. The van der Waals surface area contributed by atoms with Crippen LogP contribution in [0, 0.1) is 5.92 Å². The second-order valence-corrected chi connectivity index (χ2v) is 2.74. The minimum atomic E-state index is -0.370. The fourth-order valence-corrected chi connectivity index (χ4v) is 1.34. The topological polar surface area (TPSA) is 40.5 Å². The van der Waals surface area contributed by atoms with E-state index in [1.807, 2.05) is 0 Å². The molecular weight excluding hydrogens is 115 g/mol. The maximum atomic E-state index is 9.12. The molecule has 9 heavy (non-hydrogen) atoms. The van der Waals surface area contributed by atoms with Crippen molar-refractivity contribution in [3.8, 4) is 0 Å². The maximum Gasteiger partial charge on any atom is 0.0700 e. The lowest BCUT2D eigenvalue weighted by atomic mass is 9.85. The Labute approximate surface area is 56.3 Å². The summed E-state index contributed by atoms with van der Waals surface area (Å²) in [5.74, 6) is 0.122. The maximum absolute atomic E-state index is 9.12. The molecule has 1 aliphatic rings. The minimum Gasteiger partial charge on any atom is -0.396 e. The molecule has 3 heteroatoms. The molecule has 0 aromatic carbocycles. The van der Waals surface area contributed by atoms with Gasteiger partial charge in [-0.2, -0.15) is 0 Å². The Hall–Kier alpha value is -0.0151. The summed E-state index contributed by atoms with van der Waals surface area (Å²) in [6, 6.07) is 0. The molecule has 3 unspecified atom stereocenters.